The van der Waals surface area contributed by atoms with Crippen LogP contribution in [0.15, 0.2) is 26.8 Å². The topological polar surface area (TPSA) is 83.3 Å². The highest BCUT2D eigenvalue weighted by molar-refractivity contribution is 9.10. The fourth-order valence-electron chi connectivity index (χ4n) is 1.38. The van der Waals surface area contributed by atoms with E-state index in [0.29, 0.717) is 26.7 Å². The maximum atomic E-state index is 10.9. The van der Waals surface area contributed by atoms with Crippen molar-refractivity contribution in [2.45, 2.75) is 0 Å². The zero-order chi connectivity index (χ0) is 13.8. The van der Waals surface area contributed by atoms with Crippen molar-refractivity contribution in [2.24, 2.45) is 10.2 Å². The standard InChI is InChI=1S/C11H10BrN3O3S/c1-18-10-7(16)3-2-6(9(10)12)4-13-15-11-14-8(17)5-19-11/h2-4,16H,5H2,1H3,(H,14,15,17). The molecule has 0 bridgehead atoms. The van der Waals surface area contributed by atoms with Crippen molar-refractivity contribution in [3.05, 3.63) is 22.2 Å². The van der Waals surface area contributed by atoms with Gasteiger partial charge in [-0.3, -0.25) is 4.79 Å². The maximum absolute atomic E-state index is 10.9. The second-order valence-corrected chi connectivity index (χ2v) is 5.26. The number of hydrogen-bond acceptors (Lipinski definition) is 6. The normalized spacial score (nSPS) is 17.2. The lowest BCUT2D eigenvalue weighted by Crippen LogP contribution is -2.19. The molecule has 1 fully saturated rings. The van der Waals surface area contributed by atoms with Gasteiger partial charge in [-0.1, -0.05) is 11.8 Å². The molecule has 1 saturated heterocycles. The number of amides is 1. The van der Waals surface area contributed by atoms with E-state index >= 15 is 0 Å². The van der Waals surface area contributed by atoms with E-state index in [1.165, 1.54) is 31.2 Å². The number of nitrogens with one attached hydrogen (secondary N) is 1. The van der Waals surface area contributed by atoms with Gasteiger partial charge in [-0.25, -0.2) is 0 Å². The lowest BCUT2D eigenvalue weighted by atomic mass is 10.2. The summed E-state index contributed by atoms with van der Waals surface area (Å²) in [6, 6.07) is 3.18. The highest BCUT2D eigenvalue weighted by Crippen LogP contribution is 2.36. The van der Waals surface area contributed by atoms with Crippen molar-refractivity contribution in [1.82, 2.24) is 5.32 Å². The minimum Gasteiger partial charge on any atom is -0.504 e. The largest absolute Gasteiger partial charge is 0.504 e. The fraction of sp³-hybridized carbons (Fsp3) is 0.182. The monoisotopic (exact) mass is 343 g/mol. The van der Waals surface area contributed by atoms with Crippen LogP contribution in [0.3, 0.4) is 0 Å². The van der Waals surface area contributed by atoms with E-state index in [9.17, 15) is 9.90 Å². The second-order valence-electron chi connectivity index (χ2n) is 3.51. The van der Waals surface area contributed by atoms with E-state index < -0.39 is 0 Å². The Bertz CT molecular complexity index is 575. The number of ether oxygens (including phenoxy) is 1. The molecule has 1 aromatic carbocycles. The molecule has 1 aliphatic heterocycles. The number of carbonyl (C=O) groups is 1. The van der Waals surface area contributed by atoms with Crippen LogP contribution in [0, 0.1) is 0 Å². The summed E-state index contributed by atoms with van der Waals surface area (Å²) in [5.41, 5.74) is 0.702. The van der Waals surface area contributed by atoms with Crippen molar-refractivity contribution in [3.8, 4) is 11.5 Å². The van der Waals surface area contributed by atoms with Crippen LogP contribution in [0.25, 0.3) is 0 Å². The molecule has 2 rings (SSSR count). The summed E-state index contributed by atoms with van der Waals surface area (Å²) in [5.74, 6) is 0.661. The first-order chi connectivity index (χ1) is 9.11. The van der Waals surface area contributed by atoms with Crippen LogP contribution in [-0.2, 0) is 4.79 Å². The Balaban J connectivity index is 2.17. The molecule has 0 unspecified atom stereocenters. The number of aromatic hydroxyl groups is 1. The summed E-state index contributed by atoms with van der Waals surface area (Å²) in [4.78, 5) is 10.9. The molecule has 6 nitrogen and oxygen atoms in total. The number of phenols is 1. The van der Waals surface area contributed by atoms with Gasteiger partial charge in [0.15, 0.2) is 16.7 Å². The number of halogens is 1. The van der Waals surface area contributed by atoms with Crippen molar-refractivity contribution in [2.75, 3.05) is 12.9 Å². The van der Waals surface area contributed by atoms with E-state index in [-0.39, 0.29) is 11.7 Å². The van der Waals surface area contributed by atoms with Crippen molar-refractivity contribution in [1.29, 1.82) is 0 Å². The molecule has 0 aromatic heterocycles. The van der Waals surface area contributed by atoms with Crippen LogP contribution in [0.1, 0.15) is 5.56 Å². The molecule has 1 heterocycles. The number of nitrogens with zero attached hydrogens (tertiary/aromatic N) is 2. The summed E-state index contributed by atoms with van der Waals surface area (Å²) in [7, 11) is 1.46. The molecule has 8 heteroatoms. The maximum Gasteiger partial charge on any atom is 0.236 e. The van der Waals surface area contributed by atoms with Crippen LogP contribution in [0.2, 0.25) is 0 Å². The first-order valence-electron chi connectivity index (χ1n) is 5.21. The van der Waals surface area contributed by atoms with Gasteiger partial charge in [0.2, 0.25) is 5.91 Å². The number of amidine groups is 1. The van der Waals surface area contributed by atoms with Gasteiger partial charge in [-0.2, -0.15) is 5.10 Å². The van der Waals surface area contributed by atoms with Crippen LogP contribution in [0.5, 0.6) is 11.5 Å². The molecule has 100 valence electrons. The van der Waals surface area contributed by atoms with Gasteiger partial charge in [0.25, 0.3) is 0 Å². The predicted octanol–water partition coefficient (Wildman–Crippen LogP) is 1.72. The number of phenolic OH excluding ortho intramolecular Hbond substituents is 1. The molecule has 0 aliphatic carbocycles. The van der Waals surface area contributed by atoms with Crippen molar-refractivity contribution in [3.63, 3.8) is 0 Å². The average molecular weight is 344 g/mol. The number of rotatable bonds is 3. The third kappa shape index (κ3) is 3.27. The third-order valence-corrected chi connectivity index (χ3v) is 3.92. The second kappa shape index (κ2) is 6.07. The van der Waals surface area contributed by atoms with Crippen LogP contribution >= 0.6 is 27.7 Å². The molecule has 1 amide bonds. The number of thioether (sulfide) groups is 1. The summed E-state index contributed by atoms with van der Waals surface area (Å²) >= 11 is 4.61. The van der Waals surface area contributed by atoms with Crippen LogP contribution in [0.4, 0.5) is 0 Å². The number of hydrogen-bond donors (Lipinski definition) is 2. The smallest absolute Gasteiger partial charge is 0.236 e. The van der Waals surface area contributed by atoms with E-state index in [4.69, 9.17) is 4.74 Å². The molecule has 0 atom stereocenters. The zero-order valence-electron chi connectivity index (χ0n) is 9.88. The summed E-state index contributed by atoms with van der Waals surface area (Å²) in [6.45, 7) is 0. The molecular weight excluding hydrogens is 334 g/mol. The van der Waals surface area contributed by atoms with Gasteiger partial charge in [0.1, 0.15) is 0 Å². The van der Waals surface area contributed by atoms with Gasteiger partial charge in [-0.05, 0) is 28.1 Å². The number of benzene rings is 1. The van der Waals surface area contributed by atoms with E-state index in [2.05, 4.69) is 31.4 Å². The Labute approximate surface area is 122 Å². The minimum absolute atomic E-state index is 0.0384. The molecule has 1 aromatic rings. The van der Waals surface area contributed by atoms with Gasteiger partial charge < -0.3 is 15.2 Å². The van der Waals surface area contributed by atoms with E-state index in [1.807, 2.05) is 0 Å². The summed E-state index contributed by atoms with van der Waals surface area (Å²) in [6.07, 6.45) is 1.50. The summed E-state index contributed by atoms with van der Waals surface area (Å²) in [5, 5.41) is 20.4. The van der Waals surface area contributed by atoms with Crippen molar-refractivity contribution < 1.29 is 14.6 Å². The van der Waals surface area contributed by atoms with E-state index in [0.717, 1.165) is 0 Å². The van der Waals surface area contributed by atoms with Gasteiger partial charge in [0, 0.05) is 5.56 Å². The molecule has 2 N–H and O–H groups in total. The SMILES string of the molecule is COc1c(O)ccc(C=NN=C2NC(=O)CS2)c1Br. The summed E-state index contributed by atoms with van der Waals surface area (Å²) < 4.78 is 5.64. The molecule has 0 spiro atoms. The lowest BCUT2D eigenvalue weighted by molar-refractivity contribution is -0.116. The number of methoxy groups -OCH3 is 1. The van der Waals surface area contributed by atoms with Crippen LogP contribution in [-0.4, -0.2) is 35.3 Å². The molecule has 0 saturated carbocycles. The molecular formula is C11H10BrN3O3S. The van der Waals surface area contributed by atoms with Gasteiger partial charge in [0.05, 0.1) is 23.5 Å². The minimum atomic E-state index is -0.0774. The van der Waals surface area contributed by atoms with Crippen molar-refractivity contribution >= 4 is 45.0 Å². The zero-order valence-corrected chi connectivity index (χ0v) is 12.3. The molecule has 1 aliphatic rings. The van der Waals surface area contributed by atoms with E-state index in [1.54, 1.807) is 6.07 Å². The Morgan fingerprint density at radius 3 is 3.00 bits per heavy atom. The quantitative estimate of drug-likeness (QED) is 0.646. The Kier molecular flexibility index (Phi) is 4.43. The van der Waals surface area contributed by atoms with Crippen LogP contribution < -0.4 is 10.1 Å². The lowest BCUT2D eigenvalue weighted by Gasteiger charge is -2.07. The molecule has 0 radical (unpaired) electrons. The predicted molar refractivity (Wildman–Crippen MR) is 78.0 cm³/mol. The van der Waals surface area contributed by atoms with Gasteiger partial charge >= 0.3 is 0 Å². The highest BCUT2D eigenvalue weighted by Gasteiger charge is 2.16. The fourth-order valence-corrected chi connectivity index (χ4v) is 2.61. The Hall–Kier alpha value is -1.54. The highest BCUT2D eigenvalue weighted by atomic mass is 79.9. The first-order valence-corrected chi connectivity index (χ1v) is 6.99. The number of carbonyl (C=O) groups excluding carboxylic acids is 1. The third-order valence-electron chi connectivity index (χ3n) is 2.24. The first kappa shape index (κ1) is 13.9. The average Bonchev–Trinajstić information content (AvgIpc) is 2.79. The van der Waals surface area contributed by atoms with Gasteiger partial charge in [-0.15, -0.1) is 5.10 Å². The molecule has 19 heavy (non-hydrogen) atoms. The Morgan fingerprint density at radius 1 is 1.58 bits per heavy atom. The Morgan fingerprint density at radius 2 is 2.37 bits per heavy atom.